The Morgan fingerprint density at radius 3 is 2.91 bits per heavy atom. The Labute approximate surface area is 136 Å². The summed E-state index contributed by atoms with van der Waals surface area (Å²) in [6.45, 7) is 2.92. The molecule has 1 aromatic carbocycles. The highest BCUT2D eigenvalue weighted by Gasteiger charge is 2.29. The zero-order valence-electron chi connectivity index (χ0n) is 13.5. The van der Waals surface area contributed by atoms with E-state index in [0.717, 1.165) is 19.3 Å². The van der Waals surface area contributed by atoms with Crippen molar-refractivity contribution >= 4 is 11.8 Å². The highest BCUT2D eigenvalue weighted by atomic mass is 19.1. The third-order valence-corrected chi connectivity index (χ3v) is 4.22. The summed E-state index contributed by atoms with van der Waals surface area (Å²) in [7, 11) is 0. The molecular weight excluding hydrogens is 297 g/mol. The lowest BCUT2D eigenvalue weighted by Crippen LogP contribution is -2.49. The molecule has 0 saturated carbocycles. The number of carbonyl (C=O) groups excluding carboxylic acids is 2. The summed E-state index contributed by atoms with van der Waals surface area (Å²) in [5, 5.41) is 2.81. The number of nitrogens with two attached hydrogens (primary N) is 1. The highest BCUT2D eigenvalue weighted by molar-refractivity contribution is 5.95. The predicted molar refractivity (Wildman–Crippen MR) is 86.5 cm³/mol. The third kappa shape index (κ3) is 4.28. The van der Waals surface area contributed by atoms with E-state index in [1.54, 1.807) is 24.0 Å². The van der Waals surface area contributed by atoms with Crippen LogP contribution in [0.2, 0.25) is 0 Å². The molecule has 6 heteroatoms. The first-order valence-corrected chi connectivity index (χ1v) is 8.07. The molecule has 126 valence electrons. The number of hydrogen-bond acceptors (Lipinski definition) is 3. The minimum Gasteiger partial charge on any atom is -0.354 e. The topological polar surface area (TPSA) is 75.4 Å². The summed E-state index contributed by atoms with van der Waals surface area (Å²) in [6, 6.07) is 4.75. The minimum atomic E-state index is -0.464. The number of halogens is 1. The van der Waals surface area contributed by atoms with Gasteiger partial charge in [-0.2, -0.15) is 0 Å². The second-order valence-corrected chi connectivity index (χ2v) is 5.93. The van der Waals surface area contributed by atoms with Crippen LogP contribution in [-0.2, 0) is 4.79 Å². The van der Waals surface area contributed by atoms with Crippen molar-refractivity contribution in [3.63, 3.8) is 0 Å². The highest BCUT2D eigenvalue weighted by Crippen LogP contribution is 2.21. The van der Waals surface area contributed by atoms with Gasteiger partial charge in [-0.15, -0.1) is 0 Å². The standard InChI is InChI=1S/C17H24FN3O2/c1-12-5-4-7-14(16(12)18)17(23)21-10-3-2-6-13(21)11-20-15(22)8-9-19/h4-5,7,13H,2-3,6,8-11,19H2,1H3,(H,20,22). The molecular formula is C17H24FN3O2. The summed E-state index contributed by atoms with van der Waals surface area (Å²) < 4.78 is 14.2. The number of benzene rings is 1. The molecule has 2 amide bonds. The van der Waals surface area contributed by atoms with Crippen molar-refractivity contribution in [2.75, 3.05) is 19.6 Å². The Bertz CT molecular complexity index is 577. The lowest BCUT2D eigenvalue weighted by Gasteiger charge is -2.36. The molecule has 1 atom stereocenters. The first-order valence-electron chi connectivity index (χ1n) is 8.07. The fraction of sp³-hybridized carbons (Fsp3) is 0.529. The van der Waals surface area contributed by atoms with Crippen LogP contribution in [0.25, 0.3) is 0 Å². The SMILES string of the molecule is Cc1cccc(C(=O)N2CCCCC2CNC(=O)CCN)c1F. The van der Waals surface area contributed by atoms with Crippen molar-refractivity contribution in [1.29, 1.82) is 0 Å². The van der Waals surface area contributed by atoms with Crippen LogP contribution in [0.1, 0.15) is 41.6 Å². The van der Waals surface area contributed by atoms with E-state index in [-0.39, 0.29) is 29.8 Å². The molecule has 3 N–H and O–H groups in total. The Morgan fingerprint density at radius 1 is 1.39 bits per heavy atom. The van der Waals surface area contributed by atoms with Crippen LogP contribution in [0, 0.1) is 12.7 Å². The summed E-state index contributed by atoms with van der Waals surface area (Å²) >= 11 is 0. The van der Waals surface area contributed by atoms with Gasteiger partial charge in [0.15, 0.2) is 0 Å². The lowest BCUT2D eigenvalue weighted by molar-refractivity contribution is -0.121. The van der Waals surface area contributed by atoms with Crippen LogP contribution in [-0.4, -0.2) is 42.4 Å². The van der Waals surface area contributed by atoms with Crippen LogP contribution in [0.3, 0.4) is 0 Å². The van der Waals surface area contributed by atoms with Gasteiger partial charge in [0.1, 0.15) is 5.82 Å². The molecule has 1 saturated heterocycles. The van der Waals surface area contributed by atoms with Crippen molar-refractivity contribution in [3.8, 4) is 0 Å². The lowest BCUT2D eigenvalue weighted by atomic mass is 10.00. The van der Waals surface area contributed by atoms with E-state index < -0.39 is 5.82 Å². The smallest absolute Gasteiger partial charge is 0.257 e. The van der Waals surface area contributed by atoms with E-state index in [1.807, 2.05) is 0 Å². The fourth-order valence-electron chi connectivity index (χ4n) is 2.90. The van der Waals surface area contributed by atoms with Gasteiger partial charge in [0.2, 0.25) is 5.91 Å². The fourth-order valence-corrected chi connectivity index (χ4v) is 2.90. The molecule has 1 aliphatic heterocycles. The van der Waals surface area contributed by atoms with Crippen LogP contribution in [0.4, 0.5) is 4.39 Å². The first-order chi connectivity index (χ1) is 11.0. The van der Waals surface area contributed by atoms with Gasteiger partial charge in [-0.3, -0.25) is 9.59 Å². The molecule has 5 nitrogen and oxygen atoms in total. The van der Waals surface area contributed by atoms with E-state index in [1.165, 1.54) is 6.07 Å². The Balaban J connectivity index is 2.09. The predicted octanol–water partition coefficient (Wildman–Crippen LogP) is 1.59. The van der Waals surface area contributed by atoms with Gasteiger partial charge in [-0.05, 0) is 37.8 Å². The average molecular weight is 321 g/mol. The molecule has 1 heterocycles. The number of carbonyl (C=O) groups is 2. The third-order valence-electron chi connectivity index (χ3n) is 4.22. The molecule has 0 bridgehead atoms. The second kappa shape index (κ2) is 8.06. The summed E-state index contributed by atoms with van der Waals surface area (Å²) in [5.41, 5.74) is 5.91. The Kier molecular flexibility index (Phi) is 6.10. The molecule has 1 aromatic rings. The van der Waals surface area contributed by atoms with Crippen molar-refractivity contribution in [3.05, 3.63) is 35.1 Å². The summed E-state index contributed by atoms with van der Waals surface area (Å²) in [6.07, 6.45) is 2.97. The van der Waals surface area contributed by atoms with Gasteiger partial charge < -0.3 is 16.0 Å². The van der Waals surface area contributed by atoms with Gasteiger partial charge in [-0.1, -0.05) is 12.1 Å². The molecule has 0 radical (unpaired) electrons. The van der Waals surface area contributed by atoms with Crippen LogP contribution < -0.4 is 11.1 Å². The molecule has 0 spiro atoms. The Hall–Kier alpha value is -1.95. The van der Waals surface area contributed by atoms with Gasteiger partial charge in [0.25, 0.3) is 5.91 Å². The summed E-state index contributed by atoms with van der Waals surface area (Å²) in [5.74, 6) is -0.884. The maximum absolute atomic E-state index is 14.2. The van der Waals surface area contributed by atoms with E-state index in [2.05, 4.69) is 5.32 Å². The van der Waals surface area contributed by atoms with Crippen molar-refractivity contribution in [2.45, 2.75) is 38.6 Å². The maximum Gasteiger partial charge on any atom is 0.257 e. The largest absolute Gasteiger partial charge is 0.354 e. The number of nitrogens with one attached hydrogen (secondary N) is 1. The zero-order valence-corrected chi connectivity index (χ0v) is 13.5. The quantitative estimate of drug-likeness (QED) is 0.865. The number of nitrogens with zero attached hydrogens (tertiary/aromatic N) is 1. The van der Waals surface area contributed by atoms with Crippen LogP contribution in [0.15, 0.2) is 18.2 Å². The summed E-state index contributed by atoms with van der Waals surface area (Å²) in [4.78, 5) is 26.0. The zero-order chi connectivity index (χ0) is 16.8. The molecule has 0 aromatic heterocycles. The molecule has 1 unspecified atom stereocenters. The van der Waals surface area contributed by atoms with Crippen molar-refractivity contribution < 1.29 is 14.0 Å². The number of amides is 2. The number of aryl methyl sites for hydroxylation is 1. The number of hydrogen-bond donors (Lipinski definition) is 2. The maximum atomic E-state index is 14.2. The molecule has 1 fully saturated rings. The van der Waals surface area contributed by atoms with Gasteiger partial charge in [0.05, 0.1) is 5.56 Å². The number of likely N-dealkylation sites (tertiary alicyclic amines) is 1. The van der Waals surface area contributed by atoms with Gasteiger partial charge in [-0.25, -0.2) is 4.39 Å². The van der Waals surface area contributed by atoms with Crippen molar-refractivity contribution in [1.82, 2.24) is 10.2 Å². The minimum absolute atomic E-state index is 0.0992. The van der Waals surface area contributed by atoms with E-state index in [4.69, 9.17) is 5.73 Å². The van der Waals surface area contributed by atoms with E-state index in [0.29, 0.717) is 25.2 Å². The molecule has 0 aliphatic carbocycles. The monoisotopic (exact) mass is 321 g/mol. The van der Waals surface area contributed by atoms with Crippen molar-refractivity contribution in [2.24, 2.45) is 5.73 Å². The van der Waals surface area contributed by atoms with Gasteiger partial charge in [0, 0.05) is 32.1 Å². The normalized spacial score (nSPS) is 17.9. The number of piperidine rings is 1. The Morgan fingerprint density at radius 2 is 2.17 bits per heavy atom. The van der Waals surface area contributed by atoms with Gasteiger partial charge >= 0.3 is 0 Å². The molecule has 1 aliphatic rings. The molecule has 2 rings (SSSR count). The number of rotatable bonds is 5. The van der Waals surface area contributed by atoms with E-state index in [9.17, 15) is 14.0 Å². The average Bonchev–Trinajstić information content (AvgIpc) is 2.55. The van der Waals surface area contributed by atoms with Crippen LogP contribution in [0.5, 0.6) is 0 Å². The van der Waals surface area contributed by atoms with E-state index >= 15 is 0 Å². The first kappa shape index (κ1) is 17.4. The van der Waals surface area contributed by atoms with Crippen LogP contribution >= 0.6 is 0 Å². The molecule has 23 heavy (non-hydrogen) atoms. The second-order valence-electron chi connectivity index (χ2n) is 5.93.